The van der Waals surface area contributed by atoms with Crippen molar-refractivity contribution in [1.82, 2.24) is 4.98 Å². The maximum Gasteiger partial charge on any atom is 0.141 e. The second kappa shape index (κ2) is 4.93. The first-order valence-corrected chi connectivity index (χ1v) is 5.95. The monoisotopic (exact) mass is 227 g/mol. The van der Waals surface area contributed by atoms with Crippen molar-refractivity contribution in [3.8, 4) is 0 Å². The Balaban J connectivity index is 2.20. The van der Waals surface area contributed by atoms with Crippen molar-refractivity contribution in [2.45, 2.75) is 43.4 Å². The highest BCUT2D eigenvalue weighted by Crippen LogP contribution is 2.35. The zero-order chi connectivity index (χ0) is 10.7. The molecule has 0 aromatic carbocycles. The minimum Gasteiger partial charge on any atom is -0.261 e. The summed E-state index contributed by atoms with van der Waals surface area (Å²) in [5, 5.41) is 0.135. The Morgan fingerprint density at radius 3 is 2.80 bits per heavy atom. The van der Waals surface area contributed by atoms with Crippen molar-refractivity contribution in [1.29, 1.82) is 0 Å². The van der Waals surface area contributed by atoms with Gasteiger partial charge in [0.15, 0.2) is 0 Å². The highest BCUT2D eigenvalue weighted by atomic mass is 35.5. The second-order valence-corrected chi connectivity index (χ2v) is 4.76. The number of hydrogen-bond acceptors (Lipinski definition) is 1. The molecule has 1 heterocycles. The van der Waals surface area contributed by atoms with Crippen LogP contribution in [0.15, 0.2) is 18.5 Å². The van der Waals surface area contributed by atoms with Gasteiger partial charge in [-0.2, -0.15) is 0 Å². The summed E-state index contributed by atoms with van der Waals surface area (Å²) in [6, 6.07) is 1.57. The summed E-state index contributed by atoms with van der Waals surface area (Å²) in [7, 11) is 0. The summed E-state index contributed by atoms with van der Waals surface area (Å²) in [4.78, 5) is 3.89. The van der Waals surface area contributed by atoms with E-state index >= 15 is 0 Å². The topological polar surface area (TPSA) is 12.9 Å². The molecule has 1 fully saturated rings. The van der Waals surface area contributed by atoms with Gasteiger partial charge in [-0.1, -0.05) is 19.3 Å². The van der Waals surface area contributed by atoms with Gasteiger partial charge >= 0.3 is 0 Å². The van der Waals surface area contributed by atoms with Crippen LogP contribution in [0.25, 0.3) is 0 Å². The lowest BCUT2D eigenvalue weighted by atomic mass is 9.92. The van der Waals surface area contributed by atoms with Crippen LogP contribution in [0.2, 0.25) is 0 Å². The Labute approximate surface area is 94.7 Å². The van der Waals surface area contributed by atoms with Crippen LogP contribution < -0.4 is 0 Å². The maximum atomic E-state index is 13.0. The Bertz CT molecular complexity index is 329. The van der Waals surface area contributed by atoms with E-state index in [0.717, 1.165) is 18.4 Å². The molecular formula is C12H15ClFN. The summed E-state index contributed by atoms with van der Waals surface area (Å²) in [6.45, 7) is 0. The van der Waals surface area contributed by atoms with Gasteiger partial charge in [-0.25, -0.2) is 4.39 Å². The van der Waals surface area contributed by atoms with Crippen LogP contribution in [0.4, 0.5) is 4.39 Å². The molecule has 1 nitrogen and oxygen atoms in total. The third-order valence-corrected chi connectivity index (χ3v) is 3.61. The van der Waals surface area contributed by atoms with E-state index in [2.05, 4.69) is 4.98 Å². The fraction of sp³-hybridized carbons (Fsp3) is 0.583. The van der Waals surface area contributed by atoms with E-state index in [9.17, 15) is 4.39 Å². The predicted octanol–water partition coefficient (Wildman–Crippen LogP) is 3.88. The summed E-state index contributed by atoms with van der Waals surface area (Å²) >= 11 is 6.32. The molecule has 1 aromatic heterocycles. The molecule has 0 amide bonds. The summed E-state index contributed by atoms with van der Waals surface area (Å²) < 4.78 is 13.0. The van der Waals surface area contributed by atoms with Crippen LogP contribution in [0.3, 0.4) is 0 Å². The van der Waals surface area contributed by atoms with Crippen molar-refractivity contribution >= 4 is 11.6 Å². The average Bonchev–Trinajstić information content (AvgIpc) is 2.43. The van der Waals surface area contributed by atoms with Gasteiger partial charge in [0, 0.05) is 17.5 Å². The fourth-order valence-electron chi connectivity index (χ4n) is 2.27. The van der Waals surface area contributed by atoms with E-state index in [-0.39, 0.29) is 17.1 Å². The molecule has 2 unspecified atom stereocenters. The van der Waals surface area contributed by atoms with Crippen LogP contribution in [0.1, 0.15) is 43.6 Å². The van der Waals surface area contributed by atoms with Gasteiger partial charge in [0.05, 0.1) is 6.20 Å². The molecule has 1 saturated carbocycles. The average molecular weight is 228 g/mol. The first-order valence-electron chi connectivity index (χ1n) is 5.52. The van der Waals surface area contributed by atoms with E-state index in [1.807, 2.05) is 0 Å². The van der Waals surface area contributed by atoms with Gasteiger partial charge in [-0.3, -0.25) is 4.98 Å². The number of pyridine rings is 1. The fourth-order valence-corrected chi connectivity index (χ4v) is 2.69. The lowest BCUT2D eigenvalue weighted by Crippen LogP contribution is -2.11. The molecule has 0 spiro atoms. The summed E-state index contributed by atoms with van der Waals surface area (Å²) in [6.07, 6.45) is 8.68. The highest BCUT2D eigenvalue weighted by molar-refractivity contribution is 6.21. The van der Waals surface area contributed by atoms with Crippen molar-refractivity contribution in [2.24, 2.45) is 0 Å². The van der Waals surface area contributed by atoms with E-state index in [1.54, 1.807) is 12.3 Å². The molecule has 1 aromatic rings. The van der Waals surface area contributed by atoms with Crippen LogP contribution in [0.5, 0.6) is 0 Å². The minimum absolute atomic E-state index is 0.135. The van der Waals surface area contributed by atoms with Crippen LogP contribution in [-0.4, -0.2) is 10.4 Å². The molecule has 0 saturated heterocycles. The van der Waals surface area contributed by atoms with Gasteiger partial charge in [0.25, 0.3) is 0 Å². The molecular weight excluding hydrogens is 213 g/mol. The molecule has 0 N–H and O–H groups in total. The number of rotatable bonds is 1. The van der Waals surface area contributed by atoms with Crippen molar-refractivity contribution in [3.63, 3.8) is 0 Å². The third kappa shape index (κ3) is 2.69. The smallest absolute Gasteiger partial charge is 0.141 e. The molecule has 2 rings (SSSR count). The quantitative estimate of drug-likeness (QED) is 0.524. The number of alkyl halides is 1. The molecule has 1 aliphatic carbocycles. The van der Waals surface area contributed by atoms with E-state index in [0.29, 0.717) is 0 Å². The SMILES string of the molecule is Fc1cncc(C2CCCCCC2Cl)c1. The molecule has 0 bridgehead atoms. The number of aromatic nitrogens is 1. The lowest BCUT2D eigenvalue weighted by molar-refractivity contribution is 0.578. The normalized spacial score (nSPS) is 27.3. The molecule has 15 heavy (non-hydrogen) atoms. The predicted molar refractivity (Wildman–Crippen MR) is 59.7 cm³/mol. The molecule has 1 aliphatic rings. The molecule has 3 heteroatoms. The van der Waals surface area contributed by atoms with E-state index < -0.39 is 0 Å². The van der Waals surface area contributed by atoms with Crippen LogP contribution in [-0.2, 0) is 0 Å². The minimum atomic E-state index is -0.263. The highest BCUT2D eigenvalue weighted by Gasteiger charge is 2.23. The van der Waals surface area contributed by atoms with E-state index in [1.165, 1.54) is 25.5 Å². The Kier molecular flexibility index (Phi) is 3.57. The van der Waals surface area contributed by atoms with Crippen molar-refractivity contribution in [3.05, 3.63) is 29.8 Å². The van der Waals surface area contributed by atoms with Crippen LogP contribution >= 0.6 is 11.6 Å². The third-order valence-electron chi connectivity index (χ3n) is 3.09. The molecule has 82 valence electrons. The zero-order valence-electron chi connectivity index (χ0n) is 8.63. The molecule has 0 aliphatic heterocycles. The Morgan fingerprint density at radius 1 is 1.20 bits per heavy atom. The van der Waals surface area contributed by atoms with Crippen LogP contribution in [0, 0.1) is 5.82 Å². The van der Waals surface area contributed by atoms with Gasteiger partial charge in [0.2, 0.25) is 0 Å². The largest absolute Gasteiger partial charge is 0.261 e. The molecule has 2 atom stereocenters. The number of halogens is 2. The summed E-state index contributed by atoms with van der Waals surface area (Å²) in [5.41, 5.74) is 0.955. The van der Waals surface area contributed by atoms with Gasteiger partial charge < -0.3 is 0 Å². The van der Waals surface area contributed by atoms with Gasteiger partial charge in [0.1, 0.15) is 5.82 Å². The standard InChI is InChI=1S/C12H15ClFN/c13-12-5-3-1-2-4-11(12)9-6-10(14)8-15-7-9/h6-8,11-12H,1-5H2. The van der Waals surface area contributed by atoms with E-state index in [4.69, 9.17) is 11.6 Å². The van der Waals surface area contributed by atoms with Crippen molar-refractivity contribution in [2.75, 3.05) is 0 Å². The first-order chi connectivity index (χ1) is 7.27. The van der Waals surface area contributed by atoms with Gasteiger partial charge in [-0.15, -0.1) is 11.6 Å². The zero-order valence-corrected chi connectivity index (χ0v) is 9.38. The first kappa shape index (κ1) is 10.9. The maximum absolute atomic E-state index is 13.0. The Morgan fingerprint density at radius 2 is 2.00 bits per heavy atom. The van der Waals surface area contributed by atoms with Gasteiger partial charge in [-0.05, 0) is 24.5 Å². The lowest BCUT2D eigenvalue weighted by Gasteiger charge is -2.19. The summed E-state index contributed by atoms with van der Waals surface area (Å²) in [5.74, 6) is 0.0120. The number of nitrogens with zero attached hydrogens (tertiary/aromatic N) is 1. The second-order valence-electron chi connectivity index (χ2n) is 4.20. The Hall–Kier alpha value is -0.630. The van der Waals surface area contributed by atoms with Crippen molar-refractivity contribution < 1.29 is 4.39 Å². The number of hydrogen-bond donors (Lipinski definition) is 0. The molecule has 0 radical (unpaired) electrons.